The summed E-state index contributed by atoms with van der Waals surface area (Å²) in [5, 5.41) is 3.90. The number of carbonyl (C=O) groups is 1. The lowest BCUT2D eigenvalue weighted by Gasteiger charge is -2.18. The van der Waals surface area contributed by atoms with Gasteiger partial charge < -0.3 is 19.0 Å². The van der Waals surface area contributed by atoms with Gasteiger partial charge in [0.05, 0.1) is 19.9 Å². The molecule has 5 nitrogen and oxygen atoms in total. The number of benzene rings is 3. The monoisotopic (exact) mass is 482 g/mol. The number of carbonyl (C=O) groups excluding carboxylic acids is 1. The fraction of sp³-hybridized carbons (Fsp3) is 0.167. The van der Waals surface area contributed by atoms with E-state index in [1.165, 1.54) is 6.07 Å². The molecule has 0 aliphatic carbocycles. The van der Waals surface area contributed by atoms with Gasteiger partial charge in [-0.1, -0.05) is 48.5 Å². The van der Waals surface area contributed by atoms with Crippen LogP contribution in [0, 0.1) is 5.82 Å². The highest BCUT2D eigenvalue weighted by molar-refractivity contribution is 5.86. The van der Waals surface area contributed by atoms with E-state index in [4.69, 9.17) is 9.15 Å². The van der Waals surface area contributed by atoms with Crippen molar-refractivity contribution in [1.29, 1.82) is 0 Å². The summed E-state index contributed by atoms with van der Waals surface area (Å²) in [4.78, 5) is 13.0. The highest BCUT2D eigenvalue weighted by Gasteiger charge is 2.25. The first-order valence-corrected chi connectivity index (χ1v) is 11.9. The second-order valence-corrected chi connectivity index (χ2v) is 8.71. The maximum atomic E-state index is 15.0. The summed E-state index contributed by atoms with van der Waals surface area (Å²) in [7, 11) is 1.65. The van der Waals surface area contributed by atoms with Gasteiger partial charge in [-0.25, -0.2) is 4.39 Å². The molecule has 0 fully saturated rings. The van der Waals surface area contributed by atoms with Crippen molar-refractivity contribution in [3.8, 4) is 5.75 Å². The number of rotatable bonds is 9. The van der Waals surface area contributed by atoms with E-state index in [1.807, 2.05) is 54.7 Å². The molecule has 0 radical (unpaired) electrons. The molecule has 1 N–H and O–H groups in total. The predicted octanol–water partition coefficient (Wildman–Crippen LogP) is 6.27. The summed E-state index contributed by atoms with van der Waals surface area (Å²) in [6.45, 7) is 0.925. The third-order valence-electron chi connectivity index (χ3n) is 6.42. The van der Waals surface area contributed by atoms with Crippen LogP contribution in [0.15, 0.2) is 102 Å². The Labute approximate surface area is 209 Å². The standard InChI is InChI=1S/C30H27FN2O3/c1-35-22-14-12-21(13-15-22)19-33-20-27(25-9-3-5-11-29(25)33)26(24-8-2-4-10-28(24)31)17-30(34)32-18-23-7-6-16-36-23/h2-16,20,26H,17-19H2,1H3,(H,32,34)/t26-/m0/s1. The van der Waals surface area contributed by atoms with Crippen molar-refractivity contribution in [2.24, 2.45) is 0 Å². The summed E-state index contributed by atoms with van der Waals surface area (Å²) >= 11 is 0. The smallest absolute Gasteiger partial charge is 0.221 e. The van der Waals surface area contributed by atoms with Crippen molar-refractivity contribution >= 4 is 16.8 Å². The van der Waals surface area contributed by atoms with Gasteiger partial charge in [-0.2, -0.15) is 0 Å². The van der Waals surface area contributed by atoms with Crippen LogP contribution in [0.1, 0.15) is 34.8 Å². The topological polar surface area (TPSA) is 56.4 Å². The third kappa shape index (κ3) is 5.03. The molecule has 6 heteroatoms. The van der Waals surface area contributed by atoms with Gasteiger partial charge in [-0.05, 0) is 53.1 Å². The zero-order valence-corrected chi connectivity index (χ0v) is 20.0. The molecular weight excluding hydrogens is 455 g/mol. The van der Waals surface area contributed by atoms with Crippen molar-refractivity contribution in [2.45, 2.75) is 25.4 Å². The quantitative estimate of drug-likeness (QED) is 0.269. The molecule has 0 aliphatic heterocycles. The number of ether oxygens (including phenoxy) is 1. The highest BCUT2D eigenvalue weighted by atomic mass is 19.1. The number of hydrogen-bond acceptors (Lipinski definition) is 3. The van der Waals surface area contributed by atoms with Crippen LogP contribution in [0.25, 0.3) is 10.9 Å². The van der Waals surface area contributed by atoms with Gasteiger partial charge in [-0.3, -0.25) is 4.79 Å². The Bertz CT molecular complexity index is 1460. The molecule has 5 aromatic rings. The van der Waals surface area contributed by atoms with Crippen LogP contribution in [0.2, 0.25) is 0 Å². The number of para-hydroxylation sites is 1. The van der Waals surface area contributed by atoms with Crippen LogP contribution in [0.4, 0.5) is 4.39 Å². The second kappa shape index (κ2) is 10.5. The summed E-state index contributed by atoms with van der Waals surface area (Å²) in [5.74, 6) is 0.517. The van der Waals surface area contributed by atoms with Crippen LogP contribution >= 0.6 is 0 Å². The van der Waals surface area contributed by atoms with Crippen molar-refractivity contribution in [3.63, 3.8) is 0 Å². The normalized spacial score (nSPS) is 11.9. The number of amides is 1. The van der Waals surface area contributed by atoms with Crippen LogP contribution in [-0.4, -0.2) is 17.6 Å². The predicted molar refractivity (Wildman–Crippen MR) is 137 cm³/mol. The third-order valence-corrected chi connectivity index (χ3v) is 6.42. The molecule has 2 heterocycles. The maximum absolute atomic E-state index is 15.0. The van der Waals surface area contributed by atoms with E-state index in [2.05, 4.69) is 16.0 Å². The molecule has 0 spiro atoms. The van der Waals surface area contributed by atoms with E-state index in [-0.39, 0.29) is 24.7 Å². The van der Waals surface area contributed by atoms with E-state index >= 15 is 4.39 Å². The van der Waals surface area contributed by atoms with Gasteiger partial charge in [0, 0.05) is 36.0 Å². The van der Waals surface area contributed by atoms with E-state index in [0.29, 0.717) is 17.9 Å². The first-order chi connectivity index (χ1) is 17.6. The number of halogens is 1. The van der Waals surface area contributed by atoms with E-state index < -0.39 is 5.92 Å². The minimum atomic E-state index is -0.454. The molecule has 0 unspecified atom stereocenters. The number of hydrogen-bond donors (Lipinski definition) is 1. The van der Waals surface area contributed by atoms with Crippen molar-refractivity contribution in [1.82, 2.24) is 9.88 Å². The molecule has 36 heavy (non-hydrogen) atoms. The molecule has 0 saturated heterocycles. The number of nitrogens with one attached hydrogen (secondary N) is 1. The lowest BCUT2D eigenvalue weighted by Crippen LogP contribution is -2.25. The van der Waals surface area contributed by atoms with Crippen molar-refractivity contribution in [3.05, 3.63) is 126 Å². The summed E-state index contributed by atoms with van der Waals surface area (Å²) in [6.07, 6.45) is 3.73. The number of fused-ring (bicyclic) bond motifs is 1. The molecule has 5 rings (SSSR count). The lowest BCUT2D eigenvalue weighted by atomic mass is 9.87. The number of nitrogens with zero attached hydrogens (tertiary/aromatic N) is 1. The largest absolute Gasteiger partial charge is 0.497 e. The number of methoxy groups -OCH3 is 1. The van der Waals surface area contributed by atoms with Gasteiger partial charge >= 0.3 is 0 Å². The average Bonchev–Trinajstić information content (AvgIpc) is 3.56. The fourth-order valence-corrected chi connectivity index (χ4v) is 4.61. The van der Waals surface area contributed by atoms with Gasteiger partial charge in [0.25, 0.3) is 0 Å². The molecule has 2 aromatic heterocycles. The van der Waals surface area contributed by atoms with Gasteiger partial charge in [-0.15, -0.1) is 0 Å². The molecule has 0 saturated carbocycles. The Morgan fingerprint density at radius 1 is 0.972 bits per heavy atom. The molecule has 3 aromatic carbocycles. The number of furan rings is 1. The SMILES string of the molecule is COc1ccc(Cn2cc([C@@H](CC(=O)NCc3ccco3)c3ccccc3F)c3ccccc32)cc1. The zero-order valence-electron chi connectivity index (χ0n) is 20.0. The highest BCUT2D eigenvalue weighted by Crippen LogP contribution is 2.36. The minimum absolute atomic E-state index is 0.109. The van der Waals surface area contributed by atoms with Crippen LogP contribution in [0.5, 0.6) is 5.75 Å². The second-order valence-electron chi connectivity index (χ2n) is 8.71. The van der Waals surface area contributed by atoms with Crippen molar-refractivity contribution < 1.29 is 18.3 Å². The summed E-state index contributed by atoms with van der Waals surface area (Å²) in [6, 6.07) is 26.2. The van der Waals surface area contributed by atoms with E-state index in [9.17, 15) is 4.79 Å². The van der Waals surface area contributed by atoms with Gasteiger partial charge in [0.1, 0.15) is 17.3 Å². The lowest BCUT2D eigenvalue weighted by molar-refractivity contribution is -0.121. The molecule has 1 amide bonds. The van der Waals surface area contributed by atoms with Crippen LogP contribution in [0.3, 0.4) is 0 Å². The summed E-state index contributed by atoms with van der Waals surface area (Å²) < 4.78 is 27.8. The number of aromatic nitrogens is 1. The van der Waals surface area contributed by atoms with Gasteiger partial charge in [0.15, 0.2) is 0 Å². The van der Waals surface area contributed by atoms with Crippen LogP contribution in [-0.2, 0) is 17.9 Å². The Morgan fingerprint density at radius 3 is 2.50 bits per heavy atom. The van der Waals surface area contributed by atoms with Crippen LogP contribution < -0.4 is 10.1 Å². The minimum Gasteiger partial charge on any atom is -0.497 e. The average molecular weight is 483 g/mol. The summed E-state index contributed by atoms with van der Waals surface area (Å²) in [5.41, 5.74) is 3.55. The Hall–Kier alpha value is -4.32. The molecule has 182 valence electrons. The molecular formula is C30H27FN2O3. The Morgan fingerprint density at radius 2 is 1.75 bits per heavy atom. The Balaban J connectivity index is 1.51. The van der Waals surface area contributed by atoms with E-state index in [0.717, 1.165) is 27.8 Å². The molecule has 0 aliphatic rings. The zero-order chi connectivity index (χ0) is 24.9. The maximum Gasteiger partial charge on any atom is 0.221 e. The molecule has 0 bridgehead atoms. The Kier molecular flexibility index (Phi) is 6.85. The first kappa shape index (κ1) is 23.4. The van der Waals surface area contributed by atoms with Crippen molar-refractivity contribution in [2.75, 3.05) is 7.11 Å². The van der Waals surface area contributed by atoms with Gasteiger partial charge in [0.2, 0.25) is 5.91 Å². The molecule has 1 atom stereocenters. The first-order valence-electron chi connectivity index (χ1n) is 11.9. The van der Waals surface area contributed by atoms with E-state index in [1.54, 1.807) is 37.6 Å². The fourth-order valence-electron chi connectivity index (χ4n) is 4.61.